The van der Waals surface area contributed by atoms with Gasteiger partial charge in [0, 0.05) is 22.8 Å². The maximum absolute atomic E-state index is 14.3. The fourth-order valence-corrected chi connectivity index (χ4v) is 3.00. The van der Waals surface area contributed by atoms with E-state index in [-0.39, 0.29) is 5.56 Å². The zero-order chi connectivity index (χ0) is 18.4. The Labute approximate surface area is 146 Å². The van der Waals surface area contributed by atoms with E-state index in [0.717, 1.165) is 16.8 Å². The quantitative estimate of drug-likeness (QED) is 0.707. The monoisotopic (exact) mass is 348 g/mol. The van der Waals surface area contributed by atoms with Crippen LogP contribution in [0.15, 0.2) is 47.5 Å². The lowest BCUT2D eigenvalue weighted by Crippen LogP contribution is -2.07. The summed E-state index contributed by atoms with van der Waals surface area (Å²) in [6, 6.07) is 11.2. The Balaban J connectivity index is 1.93. The summed E-state index contributed by atoms with van der Waals surface area (Å²) in [6.45, 7) is 1.65. The van der Waals surface area contributed by atoms with Gasteiger partial charge < -0.3 is 0 Å². The Kier molecular flexibility index (Phi) is 3.48. The third-order valence-electron chi connectivity index (χ3n) is 4.16. The second kappa shape index (κ2) is 5.70. The van der Waals surface area contributed by atoms with Crippen LogP contribution in [0.25, 0.3) is 11.1 Å². The van der Waals surface area contributed by atoms with Crippen molar-refractivity contribution in [2.45, 2.75) is 6.92 Å². The number of hydrogen-bond acceptors (Lipinski definition) is 3. The average molecular weight is 348 g/mol. The second-order valence-corrected chi connectivity index (χ2v) is 5.78. The highest BCUT2D eigenvalue weighted by Gasteiger charge is 2.32. The lowest BCUT2D eigenvalue weighted by atomic mass is 9.97. The van der Waals surface area contributed by atoms with Crippen LogP contribution in [0, 0.1) is 29.9 Å². The van der Waals surface area contributed by atoms with Crippen molar-refractivity contribution in [1.29, 1.82) is 5.26 Å². The number of halogens is 2. The molecule has 0 N–H and O–H groups in total. The van der Waals surface area contributed by atoms with E-state index >= 15 is 0 Å². The van der Waals surface area contributed by atoms with Crippen molar-refractivity contribution < 1.29 is 13.6 Å². The number of carbonyl (C=O) groups is 1. The molecule has 0 radical (unpaired) electrons. The van der Waals surface area contributed by atoms with E-state index in [9.17, 15) is 13.6 Å². The van der Waals surface area contributed by atoms with Crippen LogP contribution in [0.1, 0.15) is 22.5 Å². The Morgan fingerprint density at radius 1 is 1.12 bits per heavy atom. The van der Waals surface area contributed by atoms with Crippen molar-refractivity contribution in [2.24, 2.45) is 4.99 Å². The molecule has 1 aromatic heterocycles. The van der Waals surface area contributed by atoms with Crippen LogP contribution in [0.4, 0.5) is 13.6 Å². The molecule has 0 saturated carbocycles. The summed E-state index contributed by atoms with van der Waals surface area (Å²) in [5, 5.41) is 13.1. The minimum atomic E-state index is -0.748. The van der Waals surface area contributed by atoms with Gasteiger partial charge >= 0.3 is 6.03 Å². The first-order valence-corrected chi connectivity index (χ1v) is 7.68. The van der Waals surface area contributed by atoms with Gasteiger partial charge in [-0.1, -0.05) is 12.1 Å². The average Bonchev–Trinajstić information content (AvgIpc) is 3.12. The van der Waals surface area contributed by atoms with Crippen LogP contribution in [0.3, 0.4) is 0 Å². The summed E-state index contributed by atoms with van der Waals surface area (Å²) < 4.78 is 28.7. The molecule has 1 aliphatic rings. The van der Waals surface area contributed by atoms with Gasteiger partial charge in [-0.15, -0.1) is 0 Å². The first kappa shape index (κ1) is 15.8. The summed E-state index contributed by atoms with van der Waals surface area (Å²) in [5.41, 5.74) is 2.70. The third-order valence-corrected chi connectivity index (χ3v) is 4.16. The highest BCUT2D eigenvalue weighted by atomic mass is 19.1. The third kappa shape index (κ3) is 2.31. The van der Waals surface area contributed by atoms with Crippen LogP contribution in [-0.4, -0.2) is 21.5 Å². The van der Waals surface area contributed by atoms with Gasteiger partial charge in [0.25, 0.3) is 0 Å². The molecule has 0 unspecified atom stereocenters. The molecule has 4 rings (SSSR count). The fraction of sp³-hybridized carbons (Fsp3) is 0.0526. The van der Waals surface area contributed by atoms with Crippen LogP contribution in [0.2, 0.25) is 0 Å². The minimum Gasteiger partial charge on any atom is -0.244 e. The van der Waals surface area contributed by atoms with Crippen molar-refractivity contribution in [2.75, 3.05) is 0 Å². The zero-order valence-corrected chi connectivity index (χ0v) is 13.5. The van der Waals surface area contributed by atoms with E-state index in [1.807, 2.05) is 6.07 Å². The fourth-order valence-electron chi connectivity index (χ4n) is 3.00. The number of rotatable bonds is 2. The van der Waals surface area contributed by atoms with Gasteiger partial charge in [-0.2, -0.15) is 20.0 Å². The normalized spacial score (nSPS) is 12.7. The molecule has 126 valence electrons. The van der Waals surface area contributed by atoms with Gasteiger partial charge in [-0.3, -0.25) is 0 Å². The van der Waals surface area contributed by atoms with Crippen LogP contribution in [0.5, 0.6) is 0 Å². The largest absolute Gasteiger partial charge is 0.369 e. The molecule has 0 bridgehead atoms. The molecule has 5 nitrogen and oxygen atoms in total. The lowest BCUT2D eigenvalue weighted by Gasteiger charge is -2.07. The van der Waals surface area contributed by atoms with Crippen molar-refractivity contribution >= 4 is 11.7 Å². The summed E-state index contributed by atoms with van der Waals surface area (Å²) in [7, 11) is 0. The Morgan fingerprint density at radius 2 is 1.85 bits per heavy atom. The van der Waals surface area contributed by atoms with Gasteiger partial charge in [-0.25, -0.2) is 13.6 Å². The molecule has 3 aromatic rings. The first-order valence-electron chi connectivity index (χ1n) is 7.68. The molecular weight excluding hydrogens is 338 g/mol. The van der Waals surface area contributed by atoms with Gasteiger partial charge in [0.05, 0.1) is 17.3 Å². The predicted octanol–water partition coefficient (Wildman–Crippen LogP) is 3.83. The van der Waals surface area contributed by atoms with Crippen LogP contribution >= 0.6 is 0 Å². The number of aryl methyl sites for hydroxylation is 1. The molecule has 26 heavy (non-hydrogen) atoms. The summed E-state index contributed by atoms with van der Waals surface area (Å²) in [6.07, 6.45) is 0. The lowest BCUT2D eigenvalue weighted by molar-refractivity contribution is 0.249. The SMILES string of the molecule is Cc1nn2c(c1-c1ccc(F)cc1F)C(c1ccc(C#N)cc1)=NC2=O. The predicted molar refractivity (Wildman–Crippen MR) is 89.9 cm³/mol. The number of hydrogen-bond donors (Lipinski definition) is 0. The maximum atomic E-state index is 14.3. The van der Waals surface area contributed by atoms with E-state index in [2.05, 4.69) is 10.1 Å². The summed E-state index contributed by atoms with van der Waals surface area (Å²) >= 11 is 0. The van der Waals surface area contributed by atoms with E-state index in [1.54, 1.807) is 31.2 Å². The van der Waals surface area contributed by atoms with Gasteiger partial charge in [0.2, 0.25) is 0 Å². The Hall–Kier alpha value is -3.66. The van der Waals surface area contributed by atoms with Gasteiger partial charge in [-0.05, 0) is 31.2 Å². The number of aliphatic imine (C=N–C) groups is 1. The van der Waals surface area contributed by atoms with E-state index < -0.39 is 17.7 Å². The molecule has 0 atom stereocenters. The molecule has 0 fully saturated rings. The topological polar surface area (TPSA) is 71.0 Å². The molecular formula is C19H10F2N4O. The van der Waals surface area contributed by atoms with E-state index in [1.165, 1.54) is 6.07 Å². The van der Waals surface area contributed by atoms with Gasteiger partial charge in [0.1, 0.15) is 23.0 Å². The summed E-state index contributed by atoms with van der Waals surface area (Å²) in [5.74, 6) is -1.44. The highest BCUT2D eigenvalue weighted by molar-refractivity contribution is 6.23. The highest BCUT2D eigenvalue weighted by Crippen LogP contribution is 2.34. The number of nitrogens with zero attached hydrogens (tertiary/aromatic N) is 4. The molecule has 2 heterocycles. The van der Waals surface area contributed by atoms with Crippen molar-refractivity contribution in [3.63, 3.8) is 0 Å². The van der Waals surface area contributed by atoms with Crippen molar-refractivity contribution in [3.05, 3.63) is 76.6 Å². The molecule has 1 aliphatic heterocycles. The number of fused-ring (bicyclic) bond motifs is 1. The van der Waals surface area contributed by atoms with Crippen LogP contribution < -0.4 is 0 Å². The smallest absolute Gasteiger partial charge is 0.244 e. The van der Waals surface area contributed by atoms with Crippen molar-refractivity contribution in [1.82, 2.24) is 9.78 Å². The van der Waals surface area contributed by atoms with Gasteiger partial charge in [0.15, 0.2) is 0 Å². The molecule has 0 spiro atoms. The standard InChI is InChI=1S/C19H10F2N4O/c1-10-16(14-7-6-13(20)8-15(14)21)18-17(23-19(26)25(18)24-10)12-4-2-11(9-22)3-5-12/h2-8H,1H3. The maximum Gasteiger partial charge on any atom is 0.369 e. The number of carbonyl (C=O) groups excluding carboxylic acids is 1. The van der Waals surface area contributed by atoms with Crippen LogP contribution in [-0.2, 0) is 0 Å². The van der Waals surface area contributed by atoms with E-state index in [0.29, 0.717) is 33.8 Å². The second-order valence-electron chi connectivity index (χ2n) is 5.78. The minimum absolute atomic E-state index is 0.140. The number of benzene rings is 2. The number of nitriles is 1. The zero-order valence-electron chi connectivity index (χ0n) is 13.5. The molecule has 0 aliphatic carbocycles. The first-order chi connectivity index (χ1) is 12.5. The molecule has 1 amide bonds. The van der Waals surface area contributed by atoms with Crippen molar-refractivity contribution in [3.8, 4) is 17.2 Å². The molecule has 2 aromatic carbocycles. The number of amides is 1. The van der Waals surface area contributed by atoms with E-state index in [4.69, 9.17) is 5.26 Å². The Bertz CT molecular complexity index is 1140. The molecule has 0 saturated heterocycles. The Morgan fingerprint density at radius 3 is 2.50 bits per heavy atom. The summed E-state index contributed by atoms with van der Waals surface area (Å²) in [4.78, 5) is 16.2. The molecule has 7 heteroatoms. The number of aromatic nitrogens is 2.